The summed E-state index contributed by atoms with van der Waals surface area (Å²) in [5, 5.41) is 12.2. The molecule has 2 N–H and O–H groups in total. The molecule has 1 saturated carbocycles. The fourth-order valence-electron chi connectivity index (χ4n) is 2.77. The van der Waals surface area contributed by atoms with E-state index in [1.54, 1.807) is 19.2 Å². The first-order valence-corrected chi connectivity index (χ1v) is 6.61. The molecule has 2 unspecified atom stereocenters. The molecule has 2 atom stereocenters. The van der Waals surface area contributed by atoms with Crippen molar-refractivity contribution in [2.75, 3.05) is 13.8 Å². The van der Waals surface area contributed by atoms with Gasteiger partial charge in [0.1, 0.15) is 17.4 Å². The molecule has 6 nitrogen and oxygen atoms in total. The zero-order valence-electron chi connectivity index (χ0n) is 11.2. The van der Waals surface area contributed by atoms with Gasteiger partial charge in [0, 0.05) is 12.5 Å². The van der Waals surface area contributed by atoms with E-state index in [0.29, 0.717) is 36.5 Å². The van der Waals surface area contributed by atoms with E-state index in [4.69, 9.17) is 14.2 Å². The molecule has 108 valence electrons. The second kappa shape index (κ2) is 4.86. The molecule has 1 aromatic carbocycles. The third-order valence-corrected chi connectivity index (χ3v) is 4.00. The molecule has 3 rings (SSSR count). The summed E-state index contributed by atoms with van der Waals surface area (Å²) in [5.74, 6) is 1.23. The van der Waals surface area contributed by atoms with Crippen LogP contribution < -0.4 is 19.5 Å². The Hall–Kier alpha value is -1.95. The van der Waals surface area contributed by atoms with Gasteiger partial charge in [0.25, 0.3) is 0 Å². The minimum absolute atomic E-state index is 0.112. The van der Waals surface area contributed by atoms with Crippen LogP contribution in [-0.4, -0.2) is 36.6 Å². The Morgan fingerprint density at radius 2 is 2.25 bits per heavy atom. The first kappa shape index (κ1) is 13.1. The van der Waals surface area contributed by atoms with Crippen molar-refractivity contribution in [1.82, 2.24) is 5.32 Å². The summed E-state index contributed by atoms with van der Waals surface area (Å²) in [4.78, 5) is 11.4. The zero-order valence-corrected chi connectivity index (χ0v) is 11.2. The van der Waals surface area contributed by atoms with E-state index in [-0.39, 0.29) is 12.9 Å². The highest BCUT2D eigenvalue weighted by atomic mass is 16.7. The van der Waals surface area contributed by atoms with Crippen molar-refractivity contribution in [3.8, 4) is 17.2 Å². The van der Waals surface area contributed by atoms with E-state index in [0.717, 1.165) is 0 Å². The summed E-state index contributed by atoms with van der Waals surface area (Å²) in [6.45, 7) is 0.226. The van der Waals surface area contributed by atoms with Gasteiger partial charge in [-0.3, -0.25) is 4.79 Å². The highest BCUT2D eigenvalue weighted by Gasteiger charge is 2.45. The summed E-state index contributed by atoms with van der Waals surface area (Å²) in [6.07, 6.45) is 1.61. The number of benzene rings is 1. The molecule has 0 aromatic heterocycles. The van der Waals surface area contributed by atoms with Crippen LogP contribution in [0.5, 0.6) is 17.2 Å². The van der Waals surface area contributed by atoms with E-state index >= 15 is 0 Å². The Balaban J connectivity index is 1.69. The van der Waals surface area contributed by atoms with Crippen LogP contribution in [0.25, 0.3) is 0 Å². The second-order valence-corrected chi connectivity index (χ2v) is 5.13. The van der Waals surface area contributed by atoms with Crippen LogP contribution in [-0.2, 0) is 4.79 Å². The van der Waals surface area contributed by atoms with Crippen LogP contribution in [0, 0.1) is 0 Å². The topological polar surface area (TPSA) is 77.0 Å². The van der Waals surface area contributed by atoms with Gasteiger partial charge in [-0.2, -0.15) is 0 Å². The Kier molecular flexibility index (Phi) is 3.17. The van der Waals surface area contributed by atoms with Gasteiger partial charge in [-0.1, -0.05) is 0 Å². The van der Waals surface area contributed by atoms with Gasteiger partial charge in [-0.05, 0) is 32.0 Å². The number of carboxylic acids is 1. The fraction of sp³-hybridized carbons (Fsp3) is 0.500. The number of hydrogen-bond acceptors (Lipinski definition) is 5. The molecule has 0 bridgehead atoms. The van der Waals surface area contributed by atoms with Crippen LogP contribution in [0.4, 0.5) is 0 Å². The molecular formula is C14H17NO5. The fourth-order valence-corrected chi connectivity index (χ4v) is 2.77. The first-order chi connectivity index (χ1) is 9.63. The molecule has 1 heterocycles. The minimum atomic E-state index is -0.874. The van der Waals surface area contributed by atoms with Crippen LogP contribution in [0.2, 0.25) is 0 Å². The van der Waals surface area contributed by atoms with Crippen molar-refractivity contribution in [1.29, 1.82) is 0 Å². The van der Waals surface area contributed by atoms with Crippen LogP contribution in [0.15, 0.2) is 18.2 Å². The molecule has 0 saturated heterocycles. The average Bonchev–Trinajstić information content (AvgIpc) is 3.05. The van der Waals surface area contributed by atoms with Crippen molar-refractivity contribution < 1.29 is 24.1 Å². The van der Waals surface area contributed by atoms with Crippen molar-refractivity contribution in [2.45, 2.75) is 30.9 Å². The zero-order chi connectivity index (χ0) is 14.2. The van der Waals surface area contributed by atoms with Gasteiger partial charge >= 0.3 is 5.97 Å². The lowest BCUT2D eigenvalue weighted by Gasteiger charge is -2.23. The van der Waals surface area contributed by atoms with Gasteiger partial charge < -0.3 is 24.6 Å². The summed E-state index contributed by atoms with van der Waals surface area (Å²) in [7, 11) is 1.68. The number of carboxylic acid groups (broad SMARTS) is 1. The normalized spacial score (nSPS) is 27.6. The van der Waals surface area contributed by atoms with Crippen LogP contribution in [0.1, 0.15) is 19.3 Å². The van der Waals surface area contributed by atoms with E-state index in [1.807, 2.05) is 6.07 Å². The van der Waals surface area contributed by atoms with E-state index in [2.05, 4.69) is 5.32 Å². The maximum atomic E-state index is 11.4. The number of fused-ring (bicyclic) bond motifs is 1. The molecule has 1 aliphatic heterocycles. The largest absolute Gasteiger partial charge is 0.490 e. The second-order valence-electron chi connectivity index (χ2n) is 5.13. The van der Waals surface area contributed by atoms with Crippen molar-refractivity contribution >= 4 is 5.97 Å². The quantitative estimate of drug-likeness (QED) is 0.867. The highest BCUT2D eigenvalue weighted by molar-refractivity contribution is 5.79. The first-order valence-electron chi connectivity index (χ1n) is 6.61. The van der Waals surface area contributed by atoms with Gasteiger partial charge in [0.05, 0.1) is 0 Å². The summed E-state index contributed by atoms with van der Waals surface area (Å²) >= 11 is 0. The predicted molar refractivity (Wildman–Crippen MR) is 70.3 cm³/mol. The summed E-state index contributed by atoms with van der Waals surface area (Å²) in [5.41, 5.74) is -0.874. The smallest absolute Gasteiger partial charge is 0.324 e. The van der Waals surface area contributed by atoms with E-state index in [1.165, 1.54) is 0 Å². The SMILES string of the molecule is CNC1(C(=O)O)CCC(Oc2ccc3c(c2)OCO3)C1. The van der Waals surface area contributed by atoms with E-state index < -0.39 is 11.5 Å². The lowest BCUT2D eigenvalue weighted by Crippen LogP contribution is -2.48. The third kappa shape index (κ3) is 2.16. The molecule has 0 radical (unpaired) electrons. The van der Waals surface area contributed by atoms with Crippen molar-refractivity contribution in [3.63, 3.8) is 0 Å². The third-order valence-electron chi connectivity index (χ3n) is 4.00. The molecule has 0 spiro atoms. The van der Waals surface area contributed by atoms with Gasteiger partial charge in [0.15, 0.2) is 11.5 Å². The van der Waals surface area contributed by atoms with Crippen LogP contribution in [0.3, 0.4) is 0 Å². The molecule has 1 fully saturated rings. The summed E-state index contributed by atoms with van der Waals surface area (Å²) < 4.78 is 16.4. The number of likely N-dealkylation sites (N-methyl/N-ethyl adjacent to an activating group) is 1. The minimum Gasteiger partial charge on any atom is -0.490 e. The molecule has 0 amide bonds. The molecular weight excluding hydrogens is 262 g/mol. The molecule has 1 aromatic rings. The summed E-state index contributed by atoms with van der Waals surface area (Å²) in [6, 6.07) is 5.39. The number of nitrogens with one attached hydrogen (secondary N) is 1. The van der Waals surface area contributed by atoms with Gasteiger partial charge in [-0.25, -0.2) is 0 Å². The lowest BCUT2D eigenvalue weighted by molar-refractivity contribution is -0.144. The maximum Gasteiger partial charge on any atom is 0.324 e. The number of carbonyl (C=O) groups is 1. The number of aliphatic carboxylic acids is 1. The van der Waals surface area contributed by atoms with E-state index in [9.17, 15) is 9.90 Å². The standard InChI is InChI=1S/C14H17NO5/c1-15-14(13(16)17)5-4-10(7-14)20-9-2-3-11-12(6-9)19-8-18-11/h2-3,6,10,15H,4-5,7-8H2,1H3,(H,16,17). The Morgan fingerprint density at radius 3 is 2.95 bits per heavy atom. The highest BCUT2D eigenvalue weighted by Crippen LogP contribution is 2.38. The average molecular weight is 279 g/mol. The van der Waals surface area contributed by atoms with Crippen molar-refractivity contribution in [2.24, 2.45) is 0 Å². The van der Waals surface area contributed by atoms with Crippen molar-refractivity contribution in [3.05, 3.63) is 18.2 Å². The number of ether oxygens (including phenoxy) is 3. The van der Waals surface area contributed by atoms with Crippen LogP contribution >= 0.6 is 0 Å². The lowest BCUT2D eigenvalue weighted by atomic mass is 9.98. The molecule has 6 heteroatoms. The Bertz CT molecular complexity index is 532. The Morgan fingerprint density at radius 1 is 1.45 bits per heavy atom. The van der Waals surface area contributed by atoms with Gasteiger partial charge in [-0.15, -0.1) is 0 Å². The molecule has 1 aliphatic carbocycles. The monoisotopic (exact) mass is 279 g/mol. The molecule has 20 heavy (non-hydrogen) atoms. The number of rotatable bonds is 4. The Labute approximate surface area is 116 Å². The number of hydrogen-bond donors (Lipinski definition) is 2. The van der Waals surface area contributed by atoms with Gasteiger partial charge in [0.2, 0.25) is 6.79 Å². The predicted octanol–water partition coefficient (Wildman–Crippen LogP) is 1.39. The molecule has 2 aliphatic rings. The maximum absolute atomic E-state index is 11.4.